The maximum atomic E-state index is 12.7. The molecule has 1 fully saturated rings. The Morgan fingerprint density at radius 3 is 2.93 bits per heavy atom. The number of piperidine rings is 1. The molecule has 146 valence electrons. The Bertz CT molecular complexity index is 763. The Morgan fingerprint density at radius 1 is 1.33 bits per heavy atom. The summed E-state index contributed by atoms with van der Waals surface area (Å²) in [5.41, 5.74) is 4.03. The number of amides is 1. The van der Waals surface area contributed by atoms with Crippen LogP contribution in [0.2, 0.25) is 0 Å². The van der Waals surface area contributed by atoms with Gasteiger partial charge in [-0.25, -0.2) is 0 Å². The fourth-order valence-corrected chi connectivity index (χ4v) is 4.07. The smallest absolute Gasteiger partial charge is 0.272 e. The quantitative estimate of drug-likeness (QED) is 0.750. The van der Waals surface area contributed by atoms with Gasteiger partial charge in [0, 0.05) is 55.9 Å². The van der Waals surface area contributed by atoms with E-state index in [-0.39, 0.29) is 24.4 Å². The lowest BCUT2D eigenvalue weighted by atomic mass is 9.97. The number of nitrogens with zero attached hydrogens (tertiary/aromatic N) is 2. The number of rotatable bonds is 4. The van der Waals surface area contributed by atoms with Crippen molar-refractivity contribution in [3.05, 3.63) is 52.8 Å². The summed E-state index contributed by atoms with van der Waals surface area (Å²) < 4.78 is 0. The lowest BCUT2D eigenvalue weighted by molar-refractivity contribution is 0.0861. The number of fused-ring (bicyclic) bond motifs is 1. The highest BCUT2D eigenvalue weighted by molar-refractivity contribution is 5.94. The van der Waals surface area contributed by atoms with E-state index in [2.05, 4.69) is 63.0 Å². The molecule has 1 aromatic heterocycles. The summed E-state index contributed by atoms with van der Waals surface area (Å²) >= 11 is 0. The minimum atomic E-state index is -0.0418. The van der Waals surface area contributed by atoms with E-state index >= 15 is 0 Å². The van der Waals surface area contributed by atoms with Gasteiger partial charge in [0.1, 0.15) is 0 Å². The van der Waals surface area contributed by atoms with Crippen molar-refractivity contribution in [1.82, 2.24) is 25.7 Å². The van der Waals surface area contributed by atoms with Gasteiger partial charge in [-0.05, 0) is 25.3 Å². The molecule has 4 rings (SSSR count). The first-order valence-electron chi connectivity index (χ1n) is 9.56. The van der Waals surface area contributed by atoms with Crippen LogP contribution in [0.4, 0.5) is 0 Å². The molecule has 1 saturated heterocycles. The molecule has 3 heterocycles. The van der Waals surface area contributed by atoms with E-state index in [0.29, 0.717) is 11.7 Å². The Hall–Kier alpha value is -1.89. The third-order valence-electron chi connectivity index (χ3n) is 5.60. The highest BCUT2D eigenvalue weighted by Crippen LogP contribution is 2.21. The Balaban J connectivity index is 0.00000210. The van der Waals surface area contributed by atoms with Crippen LogP contribution in [0.3, 0.4) is 0 Å². The van der Waals surface area contributed by atoms with E-state index in [1.807, 2.05) is 0 Å². The van der Waals surface area contributed by atoms with Gasteiger partial charge in [-0.15, -0.1) is 12.4 Å². The predicted molar refractivity (Wildman–Crippen MR) is 108 cm³/mol. The molecule has 2 unspecified atom stereocenters. The van der Waals surface area contributed by atoms with Gasteiger partial charge < -0.3 is 10.6 Å². The van der Waals surface area contributed by atoms with Crippen LogP contribution >= 0.6 is 12.4 Å². The van der Waals surface area contributed by atoms with E-state index < -0.39 is 0 Å². The summed E-state index contributed by atoms with van der Waals surface area (Å²) in [7, 11) is 0. The number of carbonyl (C=O) groups excluding carboxylic acids is 1. The van der Waals surface area contributed by atoms with E-state index in [1.54, 1.807) is 0 Å². The molecular formula is C20H28ClN5O. The lowest BCUT2D eigenvalue weighted by Gasteiger charge is -2.38. The summed E-state index contributed by atoms with van der Waals surface area (Å²) in [6, 6.07) is 11.2. The van der Waals surface area contributed by atoms with Gasteiger partial charge in [-0.3, -0.25) is 14.8 Å². The first-order valence-corrected chi connectivity index (χ1v) is 9.56. The third-order valence-corrected chi connectivity index (χ3v) is 5.60. The number of halogens is 1. The second-order valence-electron chi connectivity index (χ2n) is 7.46. The number of nitrogens with one attached hydrogen (secondary N) is 3. The normalized spacial score (nSPS) is 22.6. The summed E-state index contributed by atoms with van der Waals surface area (Å²) in [5.74, 6) is -0.0418. The second-order valence-corrected chi connectivity index (χ2v) is 7.46. The van der Waals surface area contributed by atoms with Crippen molar-refractivity contribution >= 4 is 18.3 Å². The van der Waals surface area contributed by atoms with Crippen LogP contribution in [0.15, 0.2) is 30.3 Å². The largest absolute Gasteiger partial charge is 0.348 e. The van der Waals surface area contributed by atoms with Crippen LogP contribution in [0.5, 0.6) is 0 Å². The van der Waals surface area contributed by atoms with Crippen molar-refractivity contribution in [1.29, 1.82) is 0 Å². The predicted octanol–water partition coefficient (Wildman–Crippen LogP) is 2.26. The van der Waals surface area contributed by atoms with Crippen molar-refractivity contribution in [3.63, 3.8) is 0 Å². The average molecular weight is 390 g/mol. The molecule has 2 aromatic rings. The van der Waals surface area contributed by atoms with Gasteiger partial charge in [-0.1, -0.05) is 30.3 Å². The number of aromatic nitrogens is 2. The number of benzene rings is 1. The van der Waals surface area contributed by atoms with Crippen molar-refractivity contribution in [2.45, 2.75) is 51.4 Å². The van der Waals surface area contributed by atoms with Crippen molar-refractivity contribution in [2.24, 2.45) is 0 Å². The zero-order valence-electron chi connectivity index (χ0n) is 15.7. The van der Waals surface area contributed by atoms with Crippen LogP contribution in [0, 0.1) is 0 Å². The average Bonchev–Trinajstić information content (AvgIpc) is 3.09. The highest BCUT2D eigenvalue weighted by Gasteiger charge is 2.28. The van der Waals surface area contributed by atoms with Gasteiger partial charge in [0.2, 0.25) is 0 Å². The molecule has 7 heteroatoms. The molecule has 27 heavy (non-hydrogen) atoms. The molecule has 6 nitrogen and oxygen atoms in total. The van der Waals surface area contributed by atoms with E-state index in [1.165, 1.54) is 5.56 Å². The number of hydrogen-bond donors (Lipinski definition) is 3. The van der Waals surface area contributed by atoms with Crippen molar-refractivity contribution < 1.29 is 4.79 Å². The summed E-state index contributed by atoms with van der Waals surface area (Å²) in [6.45, 7) is 5.89. The second kappa shape index (κ2) is 8.87. The maximum Gasteiger partial charge on any atom is 0.272 e. The first-order chi connectivity index (χ1) is 12.7. The number of carbonyl (C=O) groups is 1. The molecule has 3 N–H and O–H groups in total. The first kappa shape index (κ1) is 19.9. The van der Waals surface area contributed by atoms with E-state index in [4.69, 9.17) is 0 Å². The van der Waals surface area contributed by atoms with Crippen LogP contribution in [-0.2, 0) is 19.5 Å². The van der Waals surface area contributed by atoms with Crippen molar-refractivity contribution in [3.8, 4) is 0 Å². The molecule has 1 aromatic carbocycles. The highest BCUT2D eigenvalue weighted by atomic mass is 35.5. The standard InChI is InChI=1S/C20H27N5O.ClH/c1-14-11-16(8-10-25(14)13-15-5-3-2-4-6-15)22-20(26)19-17-12-21-9-7-18(17)23-24-19;/h2-6,14,16,21H,7-13H2,1H3,(H,22,26)(H,23,24);1H. The molecular weight excluding hydrogens is 362 g/mol. The minimum Gasteiger partial charge on any atom is -0.348 e. The monoisotopic (exact) mass is 389 g/mol. The molecule has 0 spiro atoms. The molecule has 2 atom stereocenters. The van der Waals surface area contributed by atoms with Crippen molar-refractivity contribution in [2.75, 3.05) is 13.1 Å². The van der Waals surface area contributed by atoms with Gasteiger partial charge in [-0.2, -0.15) is 5.10 Å². The van der Waals surface area contributed by atoms with Gasteiger partial charge >= 0.3 is 0 Å². The number of hydrogen-bond acceptors (Lipinski definition) is 4. The maximum absolute atomic E-state index is 12.7. The van der Waals surface area contributed by atoms with E-state index in [9.17, 15) is 4.79 Å². The fraction of sp³-hybridized carbons (Fsp3) is 0.500. The van der Waals surface area contributed by atoms with Crippen LogP contribution in [0.25, 0.3) is 0 Å². The number of likely N-dealkylation sites (tertiary alicyclic amines) is 1. The lowest BCUT2D eigenvalue weighted by Crippen LogP contribution is -2.48. The van der Waals surface area contributed by atoms with Crippen LogP contribution in [0.1, 0.15) is 47.1 Å². The molecule has 2 aliphatic heterocycles. The number of aromatic amines is 1. The molecule has 0 bridgehead atoms. The fourth-order valence-electron chi connectivity index (χ4n) is 4.07. The molecule has 0 aliphatic carbocycles. The van der Waals surface area contributed by atoms with Gasteiger partial charge in [0.05, 0.1) is 0 Å². The Labute approximate surface area is 166 Å². The van der Waals surface area contributed by atoms with Crippen LogP contribution < -0.4 is 10.6 Å². The molecule has 0 saturated carbocycles. The minimum absolute atomic E-state index is 0. The zero-order chi connectivity index (χ0) is 17.9. The summed E-state index contributed by atoms with van der Waals surface area (Å²) in [5, 5.41) is 13.8. The third kappa shape index (κ3) is 4.51. The molecule has 1 amide bonds. The topological polar surface area (TPSA) is 73.0 Å². The zero-order valence-corrected chi connectivity index (χ0v) is 16.5. The molecule has 0 radical (unpaired) electrons. The number of H-pyrrole nitrogens is 1. The Kier molecular flexibility index (Phi) is 6.52. The summed E-state index contributed by atoms with van der Waals surface area (Å²) in [6.07, 6.45) is 2.86. The van der Waals surface area contributed by atoms with Gasteiger partial charge in [0.15, 0.2) is 5.69 Å². The Morgan fingerprint density at radius 2 is 2.15 bits per heavy atom. The van der Waals surface area contributed by atoms with Crippen LogP contribution in [-0.4, -0.2) is 46.2 Å². The van der Waals surface area contributed by atoms with Gasteiger partial charge in [0.25, 0.3) is 5.91 Å². The SMILES string of the molecule is CC1CC(NC(=O)c2n[nH]c3c2CNCC3)CCN1Cc1ccccc1.Cl. The summed E-state index contributed by atoms with van der Waals surface area (Å²) in [4.78, 5) is 15.2. The van der Waals surface area contributed by atoms with E-state index in [0.717, 1.165) is 56.7 Å². The molecule has 2 aliphatic rings.